The molecule has 1 N–H and O–H groups in total. The fourth-order valence-corrected chi connectivity index (χ4v) is 4.58. The van der Waals surface area contributed by atoms with Gasteiger partial charge in [-0.25, -0.2) is 9.37 Å². The number of halogens is 2. The fourth-order valence-electron chi connectivity index (χ4n) is 4.45. The van der Waals surface area contributed by atoms with Crippen LogP contribution in [-0.2, 0) is 11.3 Å². The number of likely N-dealkylation sites (tertiary alicyclic amines) is 1. The molecule has 1 aromatic heterocycles. The van der Waals surface area contributed by atoms with Crippen LogP contribution < -0.4 is 5.32 Å². The summed E-state index contributed by atoms with van der Waals surface area (Å²) in [5.74, 6) is 0.531. The average molecular weight is 463 g/mol. The van der Waals surface area contributed by atoms with E-state index in [-0.39, 0.29) is 17.6 Å². The van der Waals surface area contributed by atoms with Crippen molar-refractivity contribution in [2.75, 3.05) is 18.4 Å². The lowest BCUT2D eigenvalue weighted by Crippen LogP contribution is -2.40. The zero-order valence-corrected chi connectivity index (χ0v) is 18.8. The van der Waals surface area contributed by atoms with E-state index in [1.165, 1.54) is 12.1 Å². The molecule has 2 heterocycles. The predicted molar refractivity (Wildman–Crippen MR) is 129 cm³/mol. The van der Waals surface area contributed by atoms with Crippen molar-refractivity contribution in [1.29, 1.82) is 0 Å². The van der Waals surface area contributed by atoms with Crippen LogP contribution in [0.3, 0.4) is 0 Å². The summed E-state index contributed by atoms with van der Waals surface area (Å²) in [4.78, 5) is 20.0. The fraction of sp³-hybridized carbons (Fsp3) is 0.231. The lowest BCUT2D eigenvalue weighted by atomic mass is 9.97. The van der Waals surface area contributed by atoms with Gasteiger partial charge in [0.15, 0.2) is 0 Å². The van der Waals surface area contributed by atoms with E-state index in [2.05, 4.69) is 14.8 Å². The van der Waals surface area contributed by atoms with Crippen molar-refractivity contribution >= 4 is 34.2 Å². The number of nitrogens with zero attached hydrogens (tertiary/aromatic N) is 3. The van der Waals surface area contributed by atoms with Crippen LogP contribution in [0.4, 0.5) is 10.1 Å². The highest BCUT2D eigenvalue weighted by Gasteiger charge is 2.27. The Bertz CT molecular complexity index is 1270. The van der Waals surface area contributed by atoms with Crippen LogP contribution in [0.2, 0.25) is 5.02 Å². The Hall–Kier alpha value is -3.22. The van der Waals surface area contributed by atoms with Crippen LogP contribution in [0.5, 0.6) is 0 Å². The Morgan fingerprint density at radius 2 is 1.82 bits per heavy atom. The molecule has 4 aromatic rings. The molecule has 3 aromatic carbocycles. The summed E-state index contributed by atoms with van der Waals surface area (Å²) >= 11 is 5.94. The summed E-state index contributed by atoms with van der Waals surface area (Å²) in [6.07, 6.45) is 1.79. The molecule has 1 aliphatic rings. The second kappa shape index (κ2) is 9.33. The molecule has 33 heavy (non-hydrogen) atoms. The number of carbonyl (C=O) groups is 1. The van der Waals surface area contributed by atoms with Gasteiger partial charge in [0.1, 0.15) is 11.6 Å². The number of piperidine rings is 1. The third kappa shape index (κ3) is 4.77. The molecular formula is C26H24ClFN4O. The van der Waals surface area contributed by atoms with Gasteiger partial charge < -0.3 is 5.32 Å². The van der Waals surface area contributed by atoms with Gasteiger partial charge in [0, 0.05) is 22.9 Å². The van der Waals surface area contributed by atoms with Crippen LogP contribution in [0.1, 0.15) is 18.7 Å². The molecule has 5 rings (SSSR count). The lowest BCUT2D eigenvalue weighted by molar-refractivity contribution is -0.121. The molecule has 5 nitrogen and oxygen atoms in total. The highest BCUT2D eigenvalue weighted by Crippen LogP contribution is 2.25. The van der Waals surface area contributed by atoms with Crippen LogP contribution in [0.15, 0.2) is 72.8 Å². The number of hydrogen-bond donors (Lipinski definition) is 1. The van der Waals surface area contributed by atoms with E-state index in [4.69, 9.17) is 16.6 Å². The van der Waals surface area contributed by atoms with E-state index < -0.39 is 0 Å². The van der Waals surface area contributed by atoms with Gasteiger partial charge in [0.05, 0.1) is 23.5 Å². The quantitative estimate of drug-likeness (QED) is 0.416. The number of imidazole rings is 1. The predicted octanol–water partition coefficient (Wildman–Crippen LogP) is 5.67. The Labute approximate surface area is 196 Å². The Morgan fingerprint density at radius 1 is 1.06 bits per heavy atom. The first-order chi connectivity index (χ1) is 16.1. The van der Waals surface area contributed by atoms with E-state index in [0.29, 0.717) is 18.1 Å². The number of hydrogen-bond acceptors (Lipinski definition) is 3. The highest BCUT2D eigenvalue weighted by atomic mass is 35.5. The van der Waals surface area contributed by atoms with E-state index in [1.807, 2.05) is 36.4 Å². The summed E-state index contributed by atoms with van der Waals surface area (Å²) in [6, 6.07) is 21.6. The maximum atomic E-state index is 13.5. The molecule has 1 amide bonds. The standard InChI is InChI=1S/C26H24ClFN4O/c27-19-7-11-21(12-8-19)29-26(33)18-4-3-15-31(16-18)17-25-30-23-5-1-2-6-24(23)32(25)22-13-9-20(28)10-14-22/h1-2,5-14,18H,3-4,15-17H2,(H,29,33)/t18-/m1/s1. The largest absolute Gasteiger partial charge is 0.326 e. The number of nitrogens with one attached hydrogen (secondary N) is 1. The minimum Gasteiger partial charge on any atom is -0.326 e. The van der Waals surface area contributed by atoms with Gasteiger partial charge in [-0.1, -0.05) is 23.7 Å². The zero-order valence-electron chi connectivity index (χ0n) is 18.0. The number of amides is 1. The zero-order chi connectivity index (χ0) is 22.8. The maximum Gasteiger partial charge on any atom is 0.228 e. The molecule has 0 bridgehead atoms. The van der Waals surface area contributed by atoms with Gasteiger partial charge >= 0.3 is 0 Å². The summed E-state index contributed by atoms with van der Waals surface area (Å²) in [5.41, 5.74) is 3.49. The van der Waals surface area contributed by atoms with Gasteiger partial charge in [-0.2, -0.15) is 0 Å². The van der Waals surface area contributed by atoms with Gasteiger partial charge in [0.2, 0.25) is 5.91 Å². The minimum absolute atomic E-state index is 0.0223. The number of anilines is 1. The van der Waals surface area contributed by atoms with E-state index >= 15 is 0 Å². The second-order valence-electron chi connectivity index (χ2n) is 8.40. The molecule has 0 spiro atoms. The molecular weight excluding hydrogens is 439 g/mol. The van der Waals surface area contributed by atoms with Crippen molar-refractivity contribution in [3.05, 3.63) is 89.5 Å². The molecule has 0 saturated carbocycles. The first kappa shape index (κ1) is 21.6. The summed E-state index contributed by atoms with van der Waals surface area (Å²) in [7, 11) is 0. The SMILES string of the molecule is O=C(Nc1ccc(Cl)cc1)[C@@H]1CCCN(Cc2nc3ccccc3n2-c2ccc(F)cc2)C1. The van der Waals surface area contributed by atoms with Crippen LogP contribution in [0, 0.1) is 11.7 Å². The summed E-state index contributed by atoms with van der Waals surface area (Å²) in [6.45, 7) is 2.17. The molecule has 1 atom stereocenters. The Kier molecular flexibility index (Phi) is 6.11. The topological polar surface area (TPSA) is 50.2 Å². The smallest absolute Gasteiger partial charge is 0.228 e. The van der Waals surface area contributed by atoms with Crippen molar-refractivity contribution in [1.82, 2.24) is 14.5 Å². The number of para-hydroxylation sites is 2. The van der Waals surface area contributed by atoms with Crippen LogP contribution in [-0.4, -0.2) is 33.4 Å². The summed E-state index contributed by atoms with van der Waals surface area (Å²) in [5, 5.41) is 3.65. The normalized spacial score (nSPS) is 16.7. The molecule has 168 valence electrons. The van der Waals surface area contributed by atoms with Crippen molar-refractivity contribution in [3.63, 3.8) is 0 Å². The lowest BCUT2D eigenvalue weighted by Gasteiger charge is -2.31. The van der Waals surface area contributed by atoms with Crippen molar-refractivity contribution < 1.29 is 9.18 Å². The van der Waals surface area contributed by atoms with Gasteiger partial charge in [-0.15, -0.1) is 0 Å². The van der Waals surface area contributed by atoms with Gasteiger partial charge in [-0.3, -0.25) is 14.3 Å². The molecule has 7 heteroatoms. The molecule has 1 saturated heterocycles. The molecule has 1 fully saturated rings. The van der Waals surface area contributed by atoms with E-state index in [0.717, 1.165) is 47.6 Å². The number of carbonyl (C=O) groups excluding carboxylic acids is 1. The van der Waals surface area contributed by atoms with Crippen molar-refractivity contribution in [2.45, 2.75) is 19.4 Å². The second-order valence-corrected chi connectivity index (χ2v) is 8.84. The van der Waals surface area contributed by atoms with Crippen LogP contribution in [0.25, 0.3) is 16.7 Å². The third-order valence-electron chi connectivity index (χ3n) is 6.07. The molecule has 0 radical (unpaired) electrons. The number of benzene rings is 3. The number of fused-ring (bicyclic) bond motifs is 1. The molecule has 1 aliphatic heterocycles. The highest BCUT2D eigenvalue weighted by molar-refractivity contribution is 6.30. The Morgan fingerprint density at radius 3 is 2.61 bits per heavy atom. The number of rotatable bonds is 5. The molecule has 0 unspecified atom stereocenters. The first-order valence-electron chi connectivity index (χ1n) is 11.1. The Balaban J connectivity index is 1.36. The first-order valence-corrected chi connectivity index (χ1v) is 11.5. The van der Waals surface area contributed by atoms with E-state index in [9.17, 15) is 9.18 Å². The van der Waals surface area contributed by atoms with Crippen molar-refractivity contribution in [3.8, 4) is 5.69 Å². The van der Waals surface area contributed by atoms with Crippen LogP contribution >= 0.6 is 11.6 Å². The number of aromatic nitrogens is 2. The van der Waals surface area contributed by atoms with Gasteiger partial charge in [-0.05, 0) is 80.1 Å². The monoisotopic (exact) mass is 462 g/mol. The molecule has 0 aliphatic carbocycles. The maximum absolute atomic E-state index is 13.5. The van der Waals surface area contributed by atoms with E-state index in [1.54, 1.807) is 24.3 Å². The summed E-state index contributed by atoms with van der Waals surface area (Å²) < 4.78 is 15.6. The van der Waals surface area contributed by atoms with Gasteiger partial charge in [0.25, 0.3) is 0 Å². The van der Waals surface area contributed by atoms with Crippen molar-refractivity contribution in [2.24, 2.45) is 5.92 Å². The third-order valence-corrected chi connectivity index (χ3v) is 6.32. The average Bonchev–Trinajstić information content (AvgIpc) is 3.19. The minimum atomic E-state index is -0.268.